The fourth-order valence-electron chi connectivity index (χ4n) is 3.18. The van der Waals surface area contributed by atoms with Gasteiger partial charge in [0.1, 0.15) is 0 Å². The van der Waals surface area contributed by atoms with E-state index in [4.69, 9.17) is 0 Å². The highest BCUT2D eigenvalue weighted by atomic mass is 16.1. The molecule has 0 bridgehead atoms. The van der Waals surface area contributed by atoms with Crippen LogP contribution in [0.15, 0.2) is 12.2 Å². The zero-order valence-corrected chi connectivity index (χ0v) is 17.2. The number of unbranched alkanes of at least 4 members (excludes halogenated alkanes) is 10. The van der Waals surface area contributed by atoms with E-state index < -0.39 is 0 Å². The highest BCUT2D eigenvalue weighted by Crippen LogP contribution is 2.12. The van der Waals surface area contributed by atoms with Gasteiger partial charge in [-0.3, -0.25) is 4.79 Å². The SMILES string of the molecule is C=C(C)C(=O)CCCC[N+](C)(C)CCCCCCCCCCCC. The first-order valence-corrected chi connectivity index (χ1v) is 10.4. The number of nitrogens with zero attached hydrogens (tertiary/aromatic N) is 1. The second-order valence-electron chi connectivity index (χ2n) is 8.23. The van der Waals surface area contributed by atoms with Crippen molar-refractivity contribution in [2.24, 2.45) is 0 Å². The maximum Gasteiger partial charge on any atom is 0.157 e. The number of ketones is 1. The predicted octanol–water partition coefficient (Wildman–Crippen LogP) is 6.30. The molecule has 24 heavy (non-hydrogen) atoms. The van der Waals surface area contributed by atoms with Crippen molar-refractivity contribution < 1.29 is 9.28 Å². The Morgan fingerprint density at radius 2 is 1.17 bits per heavy atom. The van der Waals surface area contributed by atoms with Crippen molar-refractivity contribution >= 4 is 5.78 Å². The Bertz CT molecular complexity index is 333. The first-order valence-electron chi connectivity index (χ1n) is 10.4. The number of hydrogen-bond donors (Lipinski definition) is 0. The molecule has 0 atom stereocenters. The topological polar surface area (TPSA) is 17.1 Å². The summed E-state index contributed by atoms with van der Waals surface area (Å²) in [7, 11) is 4.66. The minimum absolute atomic E-state index is 0.231. The molecule has 0 aliphatic heterocycles. The lowest BCUT2D eigenvalue weighted by Crippen LogP contribution is -2.41. The van der Waals surface area contributed by atoms with Gasteiger partial charge in [0, 0.05) is 6.42 Å². The number of carbonyl (C=O) groups is 1. The summed E-state index contributed by atoms with van der Waals surface area (Å²) in [5.41, 5.74) is 0.703. The van der Waals surface area contributed by atoms with E-state index >= 15 is 0 Å². The molecule has 0 rings (SSSR count). The van der Waals surface area contributed by atoms with Gasteiger partial charge in [-0.1, -0.05) is 64.9 Å². The van der Waals surface area contributed by atoms with Gasteiger partial charge < -0.3 is 4.48 Å². The Hall–Kier alpha value is -0.630. The summed E-state index contributed by atoms with van der Waals surface area (Å²) in [4.78, 5) is 11.5. The summed E-state index contributed by atoms with van der Waals surface area (Å²) in [5, 5.41) is 0. The number of allylic oxidation sites excluding steroid dienone is 1. The minimum atomic E-state index is 0.231. The van der Waals surface area contributed by atoms with Gasteiger partial charge >= 0.3 is 0 Å². The molecule has 0 aliphatic carbocycles. The summed E-state index contributed by atoms with van der Waals surface area (Å²) in [6.45, 7) is 10.3. The molecular formula is C22H44NO+. The molecule has 2 nitrogen and oxygen atoms in total. The zero-order chi connectivity index (χ0) is 18.3. The van der Waals surface area contributed by atoms with E-state index in [-0.39, 0.29) is 5.78 Å². The van der Waals surface area contributed by atoms with E-state index in [9.17, 15) is 4.79 Å². The first kappa shape index (κ1) is 23.4. The van der Waals surface area contributed by atoms with Crippen LogP contribution in [0.4, 0.5) is 0 Å². The minimum Gasteiger partial charge on any atom is -0.328 e. The first-order chi connectivity index (χ1) is 11.4. The largest absolute Gasteiger partial charge is 0.328 e. The van der Waals surface area contributed by atoms with Crippen LogP contribution in [0.5, 0.6) is 0 Å². The van der Waals surface area contributed by atoms with Crippen LogP contribution in [0.1, 0.15) is 97.3 Å². The molecule has 0 N–H and O–H groups in total. The summed E-state index contributed by atoms with van der Waals surface area (Å²) in [6.07, 6.45) is 16.9. The summed E-state index contributed by atoms with van der Waals surface area (Å²) >= 11 is 0. The summed E-state index contributed by atoms with van der Waals surface area (Å²) < 4.78 is 1.10. The maximum absolute atomic E-state index is 11.5. The van der Waals surface area contributed by atoms with Crippen molar-refractivity contribution in [1.82, 2.24) is 0 Å². The lowest BCUT2D eigenvalue weighted by Gasteiger charge is -2.30. The van der Waals surface area contributed by atoms with Crippen LogP contribution in [0.25, 0.3) is 0 Å². The van der Waals surface area contributed by atoms with Gasteiger partial charge in [-0.15, -0.1) is 0 Å². The van der Waals surface area contributed by atoms with E-state index in [0.717, 1.165) is 17.3 Å². The number of carbonyl (C=O) groups excluding carboxylic acids is 1. The van der Waals surface area contributed by atoms with Crippen molar-refractivity contribution in [3.63, 3.8) is 0 Å². The van der Waals surface area contributed by atoms with Crippen molar-refractivity contribution in [3.05, 3.63) is 12.2 Å². The van der Waals surface area contributed by atoms with Crippen LogP contribution in [0, 0.1) is 0 Å². The highest BCUT2D eigenvalue weighted by Gasteiger charge is 2.14. The monoisotopic (exact) mass is 338 g/mol. The van der Waals surface area contributed by atoms with Crippen LogP contribution in [0.3, 0.4) is 0 Å². The van der Waals surface area contributed by atoms with Crippen LogP contribution in [-0.2, 0) is 4.79 Å². The average molecular weight is 339 g/mol. The molecule has 0 aromatic carbocycles. The molecule has 0 heterocycles. The van der Waals surface area contributed by atoms with Crippen molar-refractivity contribution in [2.45, 2.75) is 97.3 Å². The highest BCUT2D eigenvalue weighted by molar-refractivity contribution is 5.93. The van der Waals surface area contributed by atoms with Gasteiger partial charge in [0.15, 0.2) is 5.78 Å². The quantitative estimate of drug-likeness (QED) is 0.173. The van der Waals surface area contributed by atoms with Gasteiger partial charge in [0.2, 0.25) is 0 Å². The number of Topliss-reactive ketones (excluding diaryl/α,β-unsaturated/α-hetero) is 1. The van der Waals surface area contributed by atoms with Crippen LogP contribution < -0.4 is 0 Å². The molecule has 2 heteroatoms. The van der Waals surface area contributed by atoms with E-state index in [2.05, 4.69) is 27.6 Å². The second-order valence-corrected chi connectivity index (χ2v) is 8.23. The smallest absolute Gasteiger partial charge is 0.157 e. The third kappa shape index (κ3) is 14.9. The fourth-order valence-corrected chi connectivity index (χ4v) is 3.18. The molecule has 0 spiro atoms. The Morgan fingerprint density at radius 1 is 0.750 bits per heavy atom. The Kier molecular flexibility index (Phi) is 14.3. The van der Waals surface area contributed by atoms with Gasteiger partial charge in [0.25, 0.3) is 0 Å². The molecule has 0 amide bonds. The van der Waals surface area contributed by atoms with Crippen LogP contribution >= 0.6 is 0 Å². The van der Waals surface area contributed by atoms with Gasteiger partial charge in [-0.05, 0) is 38.2 Å². The van der Waals surface area contributed by atoms with E-state index in [1.807, 2.05) is 6.92 Å². The van der Waals surface area contributed by atoms with E-state index in [1.165, 1.54) is 77.3 Å². The van der Waals surface area contributed by atoms with Gasteiger partial charge in [-0.25, -0.2) is 0 Å². The van der Waals surface area contributed by atoms with Crippen molar-refractivity contribution in [3.8, 4) is 0 Å². The third-order valence-electron chi connectivity index (χ3n) is 5.01. The van der Waals surface area contributed by atoms with E-state index in [1.54, 1.807) is 0 Å². The summed E-state index contributed by atoms with van der Waals surface area (Å²) in [6, 6.07) is 0. The normalized spacial score (nSPS) is 11.7. The summed E-state index contributed by atoms with van der Waals surface area (Å²) in [5.74, 6) is 0.231. The van der Waals surface area contributed by atoms with Crippen molar-refractivity contribution in [1.29, 1.82) is 0 Å². The molecule has 0 radical (unpaired) electrons. The maximum atomic E-state index is 11.5. The molecule has 0 saturated heterocycles. The Balaban J connectivity index is 3.47. The van der Waals surface area contributed by atoms with Crippen molar-refractivity contribution in [2.75, 3.05) is 27.2 Å². The lowest BCUT2D eigenvalue weighted by atomic mass is 10.1. The number of quaternary nitrogens is 1. The molecule has 0 unspecified atom stereocenters. The second kappa shape index (κ2) is 14.7. The number of hydrogen-bond acceptors (Lipinski definition) is 1. The number of rotatable bonds is 17. The lowest BCUT2D eigenvalue weighted by molar-refractivity contribution is -0.890. The van der Waals surface area contributed by atoms with Gasteiger partial charge in [0.05, 0.1) is 27.2 Å². The molecule has 142 valence electrons. The molecular weight excluding hydrogens is 294 g/mol. The van der Waals surface area contributed by atoms with Crippen LogP contribution in [0.2, 0.25) is 0 Å². The van der Waals surface area contributed by atoms with Gasteiger partial charge in [-0.2, -0.15) is 0 Å². The molecule has 0 aromatic rings. The Morgan fingerprint density at radius 3 is 1.62 bits per heavy atom. The van der Waals surface area contributed by atoms with E-state index in [0.29, 0.717) is 12.0 Å². The predicted molar refractivity (Wildman–Crippen MR) is 107 cm³/mol. The Labute approximate surface area is 152 Å². The van der Waals surface area contributed by atoms with Crippen LogP contribution in [-0.4, -0.2) is 37.5 Å². The fraction of sp³-hybridized carbons (Fsp3) is 0.864. The molecule has 0 aliphatic rings. The molecule has 0 saturated carbocycles. The average Bonchev–Trinajstić information content (AvgIpc) is 2.53. The molecule has 0 aromatic heterocycles. The molecule has 0 fully saturated rings. The zero-order valence-electron chi connectivity index (χ0n) is 17.2. The standard InChI is InChI=1S/C22H44NO/c1-6-7-8-9-10-11-12-13-14-16-19-23(4,5)20-17-15-18-22(24)21(2)3/h2,6-20H2,1,3-5H3/q+1. The third-order valence-corrected chi connectivity index (χ3v) is 5.01.